The third kappa shape index (κ3) is 6.47. The summed E-state index contributed by atoms with van der Waals surface area (Å²) in [6, 6.07) is 10.4. The lowest BCUT2D eigenvalue weighted by atomic mass is 10.1. The number of benzene rings is 1. The first-order valence-electron chi connectivity index (χ1n) is 13.2. The lowest BCUT2D eigenvalue weighted by molar-refractivity contribution is -0.125. The van der Waals surface area contributed by atoms with E-state index in [9.17, 15) is 9.59 Å². The molecule has 0 bridgehead atoms. The van der Waals surface area contributed by atoms with Crippen molar-refractivity contribution in [2.24, 2.45) is 0 Å². The standard InChI is InChI=1S/C29H35N5O3S/c1-21-24-6-3-4-7-25(24)38-26(21)19-32(2)28(36)9-8-22-16-23-18-34(20-27(35)31-29(23)30-17-22)11-5-10-33-12-14-37-15-13-33/h3-4,6-9,16-17H,5,10-15,18-20H2,1-2H3,(H,30,31,35)/b9-8+. The number of rotatable bonds is 8. The van der Waals surface area contributed by atoms with Crippen LogP contribution >= 0.6 is 11.3 Å². The molecule has 1 N–H and O–H groups in total. The van der Waals surface area contributed by atoms with E-state index in [4.69, 9.17) is 4.74 Å². The van der Waals surface area contributed by atoms with Crippen molar-refractivity contribution in [1.82, 2.24) is 19.7 Å². The summed E-state index contributed by atoms with van der Waals surface area (Å²) < 4.78 is 6.67. The minimum atomic E-state index is -0.0603. The Hall–Kier alpha value is -3.11. The molecule has 5 rings (SSSR count). The van der Waals surface area contributed by atoms with Crippen LogP contribution in [-0.4, -0.2) is 84.5 Å². The Morgan fingerprint density at radius 3 is 2.79 bits per heavy atom. The van der Waals surface area contributed by atoms with Crippen molar-refractivity contribution >= 4 is 45.1 Å². The maximum Gasteiger partial charge on any atom is 0.246 e. The molecule has 2 amide bonds. The zero-order valence-electron chi connectivity index (χ0n) is 22.1. The number of ether oxygens (including phenoxy) is 1. The minimum Gasteiger partial charge on any atom is -0.379 e. The van der Waals surface area contributed by atoms with Crippen molar-refractivity contribution in [3.8, 4) is 0 Å². The van der Waals surface area contributed by atoms with E-state index in [1.807, 2.05) is 25.2 Å². The van der Waals surface area contributed by atoms with Gasteiger partial charge in [-0.15, -0.1) is 11.3 Å². The van der Waals surface area contributed by atoms with Crippen molar-refractivity contribution in [3.63, 3.8) is 0 Å². The van der Waals surface area contributed by atoms with Gasteiger partial charge in [0, 0.05) is 60.6 Å². The third-order valence-electron chi connectivity index (χ3n) is 7.18. The average molecular weight is 534 g/mol. The zero-order valence-corrected chi connectivity index (χ0v) is 22.9. The van der Waals surface area contributed by atoms with Crippen LogP contribution in [0.3, 0.4) is 0 Å². The summed E-state index contributed by atoms with van der Waals surface area (Å²) in [6.07, 6.45) is 6.10. The number of likely N-dealkylation sites (N-methyl/N-ethyl adjacent to an activating group) is 1. The van der Waals surface area contributed by atoms with Crippen LogP contribution in [0.1, 0.15) is 28.0 Å². The summed E-state index contributed by atoms with van der Waals surface area (Å²) in [5, 5.41) is 4.18. The van der Waals surface area contributed by atoms with Crippen LogP contribution in [0.2, 0.25) is 0 Å². The summed E-state index contributed by atoms with van der Waals surface area (Å²) in [5.74, 6) is 0.501. The molecule has 8 nitrogen and oxygen atoms in total. The maximum absolute atomic E-state index is 12.9. The van der Waals surface area contributed by atoms with Gasteiger partial charge >= 0.3 is 0 Å². The maximum atomic E-state index is 12.9. The predicted octanol–water partition coefficient (Wildman–Crippen LogP) is 3.75. The number of nitrogens with zero attached hydrogens (tertiary/aromatic N) is 4. The molecule has 0 unspecified atom stereocenters. The normalized spacial score (nSPS) is 16.9. The summed E-state index contributed by atoms with van der Waals surface area (Å²) >= 11 is 1.74. The second kappa shape index (κ2) is 12.2. The number of anilines is 1. The molecule has 38 heavy (non-hydrogen) atoms. The van der Waals surface area contributed by atoms with Gasteiger partial charge in [-0.1, -0.05) is 18.2 Å². The highest BCUT2D eigenvalue weighted by Crippen LogP contribution is 2.31. The Labute approximate surface area is 227 Å². The van der Waals surface area contributed by atoms with Crippen molar-refractivity contribution in [2.45, 2.75) is 26.4 Å². The fourth-order valence-corrected chi connectivity index (χ4v) is 6.25. The van der Waals surface area contributed by atoms with Crippen LogP contribution in [0, 0.1) is 6.92 Å². The van der Waals surface area contributed by atoms with Crippen molar-refractivity contribution in [1.29, 1.82) is 0 Å². The minimum absolute atomic E-state index is 0.0424. The molecule has 2 aliphatic rings. The molecule has 0 spiro atoms. The largest absolute Gasteiger partial charge is 0.379 e. The van der Waals surface area contributed by atoms with Crippen LogP contribution < -0.4 is 5.32 Å². The van der Waals surface area contributed by atoms with Gasteiger partial charge in [0.1, 0.15) is 5.82 Å². The van der Waals surface area contributed by atoms with Crippen molar-refractivity contribution < 1.29 is 14.3 Å². The SMILES string of the molecule is Cc1c(CN(C)C(=O)/C=C/c2cnc3c(c2)CN(CCCN2CCOCC2)CC(=O)N3)sc2ccccc12. The molecule has 1 saturated heterocycles. The van der Waals surface area contributed by atoms with Gasteiger partial charge in [0.05, 0.1) is 26.3 Å². The van der Waals surface area contributed by atoms with E-state index in [1.165, 1.54) is 20.5 Å². The number of pyridine rings is 1. The molecule has 1 aromatic carbocycles. The van der Waals surface area contributed by atoms with Crippen molar-refractivity contribution in [2.75, 3.05) is 58.3 Å². The van der Waals surface area contributed by atoms with E-state index in [0.29, 0.717) is 25.5 Å². The quantitative estimate of drug-likeness (QED) is 0.445. The smallest absolute Gasteiger partial charge is 0.246 e. The fourth-order valence-electron chi connectivity index (χ4n) is 4.99. The molecule has 3 aromatic rings. The Kier molecular flexibility index (Phi) is 8.48. The van der Waals surface area contributed by atoms with Gasteiger partial charge in [-0.25, -0.2) is 4.98 Å². The molecule has 0 saturated carbocycles. The van der Waals surface area contributed by atoms with Crippen LogP contribution in [0.5, 0.6) is 0 Å². The van der Waals surface area contributed by atoms with E-state index in [1.54, 1.807) is 34.6 Å². The second-order valence-electron chi connectivity index (χ2n) is 10.0. The predicted molar refractivity (Wildman–Crippen MR) is 152 cm³/mol. The molecule has 9 heteroatoms. The number of aryl methyl sites for hydroxylation is 1. The molecular formula is C29H35N5O3S. The Bertz CT molecular complexity index is 1330. The molecule has 0 atom stereocenters. The Morgan fingerprint density at radius 2 is 1.97 bits per heavy atom. The number of carbonyl (C=O) groups excluding carboxylic acids is 2. The number of nitrogens with one attached hydrogen (secondary N) is 1. The highest BCUT2D eigenvalue weighted by Gasteiger charge is 2.21. The van der Waals surface area contributed by atoms with Gasteiger partial charge in [-0.2, -0.15) is 0 Å². The average Bonchev–Trinajstić information content (AvgIpc) is 3.13. The summed E-state index contributed by atoms with van der Waals surface area (Å²) in [5.41, 5.74) is 3.04. The lowest BCUT2D eigenvalue weighted by Gasteiger charge is -2.27. The molecule has 4 heterocycles. The monoisotopic (exact) mass is 533 g/mol. The van der Waals surface area contributed by atoms with Gasteiger partial charge < -0.3 is 15.0 Å². The summed E-state index contributed by atoms with van der Waals surface area (Å²) in [6.45, 7) is 9.07. The molecule has 0 aliphatic carbocycles. The van der Waals surface area contributed by atoms with Crippen LogP contribution in [-0.2, 0) is 27.4 Å². The molecule has 0 radical (unpaired) electrons. The highest BCUT2D eigenvalue weighted by atomic mass is 32.1. The van der Waals surface area contributed by atoms with Gasteiger partial charge in [-0.05, 0) is 54.6 Å². The number of morpholine rings is 1. The third-order valence-corrected chi connectivity index (χ3v) is 8.43. The topological polar surface area (TPSA) is 78.0 Å². The number of fused-ring (bicyclic) bond motifs is 2. The van der Waals surface area contributed by atoms with E-state index < -0.39 is 0 Å². The van der Waals surface area contributed by atoms with E-state index in [-0.39, 0.29) is 11.8 Å². The van der Waals surface area contributed by atoms with E-state index >= 15 is 0 Å². The number of carbonyl (C=O) groups is 2. The molecule has 2 aromatic heterocycles. The second-order valence-corrected chi connectivity index (χ2v) is 11.2. The van der Waals surface area contributed by atoms with Crippen LogP contribution in [0.25, 0.3) is 16.2 Å². The summed E-state index contributed by atoms with van der Waals surface area (Å²) in [7, 11) is 1.83. The molecule has 1 fully saturated rings. The molecule has 2 aliphatic heterocycles. The van der Waals surface area contributed by atoms with Crippen LogP contribution in [0.4, 0.5) is 5.82 Å². The molecular weight excluding hydrogens is 498 g/mol. The zero-order chi connectivity index (χ0) is 26.5. The van der Waals surface area contributed by atoms with E-state index in [2.05, 4.69) is 39.2 Å². The number of hydrogen-bond donors (Lipinski definition) is 1. The van der Waals surface area contributed by atoms with Gasteiger partial charge in [0.2, 0.25) is 11.8 Å². The van der Waals surface area contributed by atoms with Crippen molar-refractivity contribution in [3.05, 3.63) is 64.2 Å². The number of amides is 2. The van der Waals surface area contributed by atoms with E-state index in [0.717, 1.165) is 56.9 Å². The summed E-state index contributed by atoms with van der Waals surface area (Å²) in [4.78, 5) is 37.3. The number of thiophene rings is 1. The molecule has 200 valence electrons. The van der Waals surface area contributed by atoms with Crippen LogP contribution in [0.15, 0.2) is 42.6 Å². The van der Waals surface area contributed by atoms with Gasteiger partial charge in [0.15, 0.2) is 0 Å². The first-order valence-corrected chi connectivity index (χ1v) is 14.0. The first-order chi connectivity index (χ1) is 18.5. The first kappa shape index (κ1) is 26.5. The lowest BCUT2D eigenvalue weighted by Crippen LogP contribution is -2.38. The number of hydrogen-bond acceptors (Lipinski definition) is 7. The van der Waals surface area contributed by atoms with Gasteiger partial charge in [0.25, 0.3) is 0 Å². The fraction of sp³-hybridized carbons (Fsp3) is 0.414. The van der Waals surface area contributed by atoms with Gasteiger partial charge in [-0.3, -0.25) is 19.4 Å². The Balaban J connectivity index is 1.20. The highest BCUT2D eigenvalue weighted by molar-refractivity contribution is 7.19. The number of aromatic nitrogens is 1. The Morgan fingerprint density at radius 1 is 1.18 bits per heavy atom.